The minimum atomic E-state index is -4.51. The number of anilines is 1. The molecule has 0 spiro atoms. The maximum absolute atomic E-state index is 13.3. The van der Waals surface area contributed by atoms with E-state index in [2.05, 4.69) is 16.9 Å². The van der Waals surface area contributed by atoms with E-state index >= 15 is 0 Å². The summed E-state index contributed by atoms with van der Waals surface area (Å²) in [5.41, 5.74) is 2.83. The summed E-state index contributed by atoms with van der Waals surface area (Å²) in [5, 5.41) is 2.90. The van der Waals surface area contributed by atoms with Gasteiger partial charge >= 0.3 is 6.18 Å². The third kappa shape index (κ3) is 4.66. The molecule has 0 aliphatic rings. The second kappa shape index (κ2) is 8.78. The molecule has 0 aliphatic carbocycles. The van der Waals surface area contributed by atoms with E-state index in [-0.39, 0.29) is 11.1 Å². The molecule has 0 unspecified atom stereocenters. The van der Waals surface area contributed by atoms with Crippen molar-refractivity contribution < 1.29 is 18.0 Å². The van der Waals surface area contributed by atoms with E-state index in [1.54, 1.807) is 12.3 Å². The first kappa shape index (κ1) is 21.0. The van der Waals surface area contributed by atoms with E-state index in [0.29, 0.717) is 12.1 Å². The largest absolute Gasteiger partial charge is 0.416 e. The highest BCUT2D eigenvalue weighted by molar-refractivity contribution is 5.81. The number of carbonyl (C=O) groups excluding carboxylic acids is 1. The number of alkyl halides is 3. The van der Waals surface area contributed by atoms with E-state index in [9.17, 15) is 18.0 Å². The van der Waals surface area contributed by atoms with Crippen molar-refractivity contribution in [2.24, 2.45) is 0 Å². The second-order valence-corrected chi connectivity index (χ2v) is 6.60. The zero-order chi connectivity index (χ0) is 21.7. The molecule has 0 radical (unpaired) electrons. The molecule has 30 heavy (non-hydrogen) atoms. The lowest BCUT2D eigenvalue weighted by Gasteiger charge is -2.12. The van der Waals surface area contributed by atoms with Gasteiger partial charge < -0.3 is 5.32 Å². The molecular weight excluding hydrogens is 389 g/mol. The maximum Gasteiger partial charge on any atom is 0.416 e. The van der Waals surface area contributed by atoms with Gasteiger partial charge in [-0.2, -0.15) is 13.2 Å². The molecule has 0 bridgehead atoms. The summed E-state index contributed by atoms with van der Waals surface area (Å²) < 4.78 is 40.0. The third-order valence-electron chi connectivity index (χ3n) is 4.66. The van der Waals surface area contributed by atoms with Crippen LogP contribution >= 0.6 is 0 Å². The Balaban J connectivity index is 1.99. The van der Waals surface area contributed by atoms with Crippen LogP contribution in [0.1, 0.15) is 32.6 Å². The molecule has 3 rings (SSSR count). The highest BCUT2D eigenvalue weighted by Gasteiger charge is 2.32. The number of nitrogens with one attached hydrogen (secondary N) is 1. The number of hydrogen-bond donors (Lipinski definition) is 1. The van der Waals surface area contributed by atoms with E-state index < -0.39 is 11.7 Å². The average molecular weight is 408 g/mol. The topological polar surface area (TPSA) is 42.0 Å². The number of pyridine rings is 1. The number of carbonyl (C=O) groups is 1. The number of benzene rings is 2. The van der Waals surface area contributed by atoms with Crippen molar-refractivity contribution in [3.05, 3.63) is 95.3 Å². The van der Waals surface area contributed by atoms with Crippen LogP contribution in [0.25, 0.3) is 23.3 Å². The van der Waals surface area contributed by atoms with Crippen molar-refractivity contribution in [1.29, 1.82) is 0 Å². The molecule has 1 N–H and O–H groups in total. The lowest BCUT2D eigenvalue weighted by Crippen LogP contribution is -2.07. The van der Waals surface area contributed by atoms with Crippen molar-refractivity contribution in [3.63, 3.8) is 0 Å². The number of aldehydes is 1. The SMILES string of the molecule is C=CNc1ccc(-c2cccc(/C=C/c3cc(C=O)ccc3C(F)(F)F)c2C)cn1. The molecule has 6 heteroatoms. The summed E-state index contributed by atoms with van der Waals surface area (Å²) in [4.78, 5) is 15.3. The van der Waals surface area contributed by atoms with Gasteiger partial charge in [0.1, 0.15) is 12.1 Å². The Morgan fingerprint density at radius 1 is 1.03 bits per heavy atom. The Kier molecular flexibility index (Phi) is 6.16. The standard InChI is InChI=1S/C24H19F3N2O/c1-3-28-23-12-10-20(14-29-23)21-6-4-5-18(16(21)2)8-9-19-13-17(15-30)7-11-22(19)24(25,26)27/h3-15H,1H2,2H3,(H,28,29)/b9-8+. The van der Waals surface area contributed by atoms with Crippen LogP contribution in [-0.4, -0.2) is 11.3 Å². The van der Waals surface area contributed by atoms with Gasteiger partial charge in [0.2, 0.25) is 0 Å². The Morgan fingerprint density at radius 2 is 1.80 bits per heavy atom. The molecule has 2 aromatic carbocycles. The van der Waals surface area contributed by atoms with Gasteiger partial charge in [0.05, 0.1) is 5.56 Å². The summed E-state index contributed by atoms with van der Waals surface area (Å²) in [5.74, 6) is 0.664. The van der Waals surface area contributed by atoms with Crippen LogP contribution in [0.15, 0.2) is 67.5 Å². The monoisotopic (exact) mass is 408 g/mol. The number of halogens is 3. The van der Waals surface area contributed by atoms with Gasteiger partial charge in [0.25, 0.3) is 0 Å². The van der Waals surface area contributed by atoms with Crippen LogP contribution < -0.4 is 5.32 Å². The van der Waals surface area contributed by atoms with Crippen molar-refractivity contribution in [2.45, 2.75) is 13.1 Å². The van der Waals surface area contributed by atoms with E-state index in [4.69, 9.17) is 0 Å². The predicted molar refractivity (Wildman–Crippen MR) is 114 cm³/mol. The summed E-state index contributed by atoms with van der Waals surface area (Å²) in [6.07, 6.45) is 2.28. The molecule has 3 nitrogen and oxygen atoms in total. The molecule has 1 heterocycles. The fraction of sp³-hybridized carbons (Fsp3) is 0.0833. The van der Waals surface area contributed by atoms with E-state index in [1.165, 1.54) is 18.3 Å². The van der Waals surface area contributed by atoms with Crippen LogP contribution in [0.5, 0.6) is 0 Å². The van der Waals surface area contributed by atoms with Gasteiger partial charge in [-0.3, -0.25) is 4.79 Å². The van der Waals surface area contributed by atoms with Gasteiger partial charge in [-0.05, 0) is 59.6 Å². The predicted octanol–water partition coefficient (Wildman–Crippen LogP) is 6.61. The van der Waals surface area contributed by atoms with Crippen LogP contribution in [0.3, 0.4) is 0 Å². The molecule has 0 aliphatic heterocycles. The Labute approximate surface area is 172 Å². The van der Waals surface area contributed by atoms with Crippen LogP contribution in [0, 0.1) is 6.92 Å². The van der Waals surface area contributed by atoms with Crippen molar-refractivity contribution in [3.8, 4) is 11.1 Å². The molecule has 0 atom stereocenters. The molecular formula is C24H19F3N2O. The quantitative estimate of drug-likeness (QED) is 0.368. The second-order valence-electron chi connectivity index (χ2n) is 6.60. The fourth-order valence-corrected chi connectivity index (χ4v) is 3.12. The summed E-state index contributed by atoms with van der Waals surface area (Å²) >= 11 is 0. The van der Waals surface area contributed by atoms with Crippen molar-refractivity contribution in [1.82, 2.24) is 4.98 Å². The third-order valence-corrected chi connectivity index (χ3v) is 4.66. The summed E-state index contributed by atoms with van der Waals surface area (Å²) in [7, 11) is 0. The van der Waals surface area contributed by atoms with Crippen molar-refractivity contribution in [2.75, 3.05) is 5.32 Å². The minimum absolute atomic E-state index is 0.0570. The first-order valence-electron chi connectivity index (χ1n) is 9.11. The molecule has 3 aromatic rings. The average Bonchev–Trinajstić information content (AvgIpc) is 2.73. The lowest BCUT2D eigenvalue weighted by molar-refractivity contribution is -0.137. The number of rotatable bonds is 6. The number of nitrogens with zero attached hydrogens (tertiary/aromatic N) is 1. The van der Waals surface area contributed by atoms with Gasteiger partial charge in [-0.1, -0.05) is 43.0 Å². The Hall–Kier alpha value is -3.67. The maximum atomic E-state index is 13.3. The molecule has 152 valence electrons. The van der Waals surface area contributed by atoms with Crippen molar-refractivity contribution >= 4 is 24.3 Å². The zero-order valence-corrected chi connectivity index (χ0v) is 16.2. The molecule has 0 fully saturated rings. The van der Waals surface area contributed by atoms with E-state index in [0.717, 1.165) is 34.4 Å². The number of aromatic nitrogens is 1. The van der Waals surface area contributed by atoms with Gasteiger partial charge in [-0.15, -0.1) is 0 Å². The highest BCUT2D eigenvalue weighted by Crippen LogP contribution is 2.34. The van der Waals surface area contributed by atoms with Crippen LogP contribution in [0.2, 0.25) is 0 Å². The minimum Gasteiger partial charge on any atom is -0.347 e. The lowest BCUT2D eigenvalue weighted by atomic mass is 9.96. The van der Waals surface area contributed by atoms with Gasteiger partial charge in [-0.25, -0.2) is 4.98 Å². The Bertz CT molecular complexity index is 1100. The fourth-order valence-electron chi connectivity index (χ4n) is 3.12. The molecule has 0 amide bonds. The first-order chi connectivity index (χ1) is 14.3. The van der Waals surface area contributed by atoms with Gasteiger partial charge in [0.15, 0.2) is 0 Å². The first-order valence-corrected chi connectivity index (χ1v) is 9.11. The summed E-state index contributed by atoms with van der Waals surface area (Å²) in [6.45, 7) is 5.49. The smallest absolute Gasteiger partial charge is 0.347 e. The number of hydrogen-bond acceptors (Lipinski definition) is 3. The zero-order valence-electron chi connectivity index (χ0n) is 16.2. The Morgan fingerprint density at radius 3 is 2.43 bits per heavy atom. The van der Waals surface area contributed by atoms with Crippen LogP contribution in [-0.2, 0) is 6.18 Å². The highest BCUT2D eigenvalue weighted by atomic mass is 19.4. The van der Waals surface area contributed by atoms with E-state index in [1.807, 2.05) is 37.3 Å². The molecule has 1 aromatic heterocycles. The van der Waals surface area contributed by atoms with Gasteiger partial charge in [0, 0.05) is 17.3 Å². The van der Waals surface area contributed by atoms with Crippen LogP contribution in [0.4, 0.5) is 19.0 Å². The summed E-state index contributed by atoms with van der Waals surface area (Å²) in [6, 6.07) is 12.6. The normalized spacial score (nSPS) is 11.5. The molecule has 0 saturated carbocycles. The molecule has 0 saturated heterocycles.